The third kappa shape index (κ3) is 2.99. The number of rotatable bonds is 2. The van der Waals surface area contributed by atoms with E-state index in [0.717, 1.165) is 18.3 Å². The number of nitrogens with zero attached hydrogens (tertiary/aromatic N) is 1. The second kappa shape index (κ2) is 4.77. The van der Waals surface area contributed by atoms with Crippen molar-refractivity contribution in [1.29, 1.82) is 0 Å². The molecule has 0 bridgehead atoms. The van der Waals surface area contributed by atoms with Crippen LogP contribution in [0.25, 0.3) is 0 Å². The fraction of sp³-hybridized carbons (Fsp3) is 0.364. The molecule has 1 aliphatic carbocycles. The van der Waals surface area contributed by atoms with Crippen LogP contribution in [0.4, 0.5) is 0 Å². The Morgan fingerprint density at radius 1 is 1.46 bits per heavy atom. The smallest absolute Gasteiger partial charge is 0.149 e. The van der Waals surface area contributed by atoms with Gasteiger partial charge >= 0.3 is 0 Å². The van der Waals surface area contributed by atoms with Gasteiger partial charge in [-0.1, -0.05) is 30.4 Å². The first kappa shape index (κ1) is 9.93. The Hall–Kier alpha value is -1.15. The van der Waals surface area contributed by atoms with E-state index in [9.17, 15) is 4.79 Å². The average molecular weight is 177 g/mol. The Morgan fingerprint density at radius 2 is 2.23 bits per heavy atom. The van der Waals surface area contributed by atoms with Crippen LogP contribution in [-0.2, 0) is 4.79 Å². The fourth-order valence-corrected chi connectivity index (χ4v) is 1.20. The molecule has 0 spiro atoms. The third-order valence-electron chi connectivity index (χ3n) is 2.04. The van der Waals surface area contributed by atoms with Gasteiger partial charge in [0.25, 0.3) is 0 Å². The van der Waals surface area contributed by atoms with Crippen LogP contribution in [0.15, 0.2) is 36.0 Å². The van der Waals surface area contributed by atoms with Crippen molar-refractivity contribution in [3.8, 4) is 0 Å². The van der Waals surface area contributed by atoms with Gasteiger partial charge in [-0.05, 0) is 20.5 Å². The summed E-state index contributed by atoms with van der Waals surface area (Å²) in [5, 5.41) is 0. The van der Waals surface area contributed by atoms with Crippen molar-refractivity contribution in [1.82, 2.24) is 4.90 Å². The van der Waals surface area contributed by atoms with Crippen molar-refractivity contribution >= 4 is 6.29 Å². The summed E-state index contributed by atoms with van der Waals surface area (Å²) < 4.78 is 0. The summed E-state index contributed by atoms with van der Waals surface area (Å²) in [6.07, 6.45) is 11.8. The number of carbonyl (C=O) groups excluding carboxylic acids is 1. The van der Waals surface area contributed by atoms with Gasteiger partial charge in [-0.3, -0.25) is 9.69 Å². The Kier molecular flexibility index (Phi) is 3.65. The summed E-state index contributed by atoms with van der Waals surface area (Å²) >= 11 is 0. The molecule has 0 saturated carbocycles. The minimum Gasteiger partial charge on any atom is -0.300 e. The first-order chi connectivity index (χ1) is 6.24. The van der Waals surface area contributed by atoms with Gasteiger partial charge in [0, 0.05) is 11.6 Å². The summed E-state index contributed by atoms with van der Waals surface area (Å²) in [7, 11) is 4.04. The lowest BCUT2D eigenvalue weighted by Gasteiger charge is -2.17. The number of hydrogen-bond donors (Lipinski definition) is 0. The molecule has 0 heterocycles. The molecule has 1 atom stereocenters. The van der Waals surface area contributed by atoms with E-state index < -0.39 is 0 Å². The summed E-state index contributed by atoms with van der Waals surface area (Å²) in [4.78, 5) is 12.6. The van der Waals surface area contributed by atoms with Crippen LogP contribution in [0.5, 0.6) is 0 Å². The maximum Gasteiger partial charge on any atom is 0.149 e. The zero-order valence-electron chi connectivity index (χ0n) is 8.10. The van der Waals surface area contributed by atoms with E-state index in [-0.39, 0.29) is 0 Å². The summed E-state index contributed by atoms with van der Waals surface area (Å²) in [6, 6.07) is 0.295. The molecule has 70 valence electrons. The molecule has 0 N–H and O–H groups in total. The number of aldehydes is 1. The van der Waals surface area contributed by atoms with Crippen LogP contribution in [0.2, 0.25) is 0 Å². The van der Waals surface area contributed by atoms with Crippen LogP contribution in [-0.4, -0.2) is 31.3 Å². The number of likely N-dealkylation sites (N-methyl/N-ethyl adjacent to an activating group) is 1. The van der Waals surface area contributed by atoms with Gasteiger partial charge in [0.1, 0.15) is 6.29 Å². The van der Waals surface area contributed by atoms with Gasteiger partial charge in [-0.15, -0.1) is 0 Å². The van der Waals surface area contributed by atoms with E-state index in [0.29, 0.717) is 6.04 Å². The summed E-state index contributed by atoms with van der Waals surface area (Å²) in [5.74, 6) is 0. The number of carbonyl (C=O) groups is 1. The number of hydrogen-bond acceptors (Lipinski definition) is 2. The van der Waals surface area contributed by atoms with Crippen molar-refractivity contribution in [2.75, 3.05) is 14.1 Å². The molecule has 0 radical (unpaired) electrons. The molecule has 0 aromatic rings. The maximum atomic E-state index is 10.5. The second-order valence-electron chi connectivity index (χ2n) is 3.30. The van der Waals surface area contributed by atoms with Crippen LogP contribution < -0.4 is 0 Å². The van der Waals surface area contributed by atoms with Gasteiger partial charge < -0.3 is 0 Å². The molecule has 2 nitrogen and oxygen atoms in total. The van der Waals surface area contributed by atoms with Crippen LogP contribution in [0.1, 0.15) is 6.42 Å². The third-order valence-corrected chi connectivity index (χ3v) is 2.04. The van der Waals surface area contributed by atoms with Crippen molar-refractivity contribution < 1.29 is 4.79 Å². The van der Waals surface area contributed by atoms with Gasteiger partial charge in [-0.25, -0.2) is 0 Å². The molecule has 0 aliphatic heterocycles. The normalized spacial score (nSPS) is 28.8. The minimum atomic E-state index is 0.295. The van der Waals surface area contributed by atoms with Crippen molar-refractivity contribution in [2.45, 2.75) is 12.5 Å². The maximum absolute atomic E-state index is 10.5. The molecule has 0 saturated heterocycles. The van der Waals surface area contributed by atoms with Gasteiger partial charge in [-0.2, -0.15) is 0 Å². The zero-order chi connectivity index (χ0) is 9.68. The van der Waals surface area contributed by atoms with Crippen molar-refractivity contribution in [3.05, 3.63) is 36.0 Å². The highest BCUT2D eigenvalue weighted by atomic mass is 16.1. The van der Waals surface area contributed by atoms with Crippen LogP contribution in [0, 0.1) is 0 Å². The lowest BCUT2D eigenvalue weighted by molar-refractivity contribution is -0.104. The molecule has 1 rings (SSSR count). The molecule has 13 heavy (non-hydrogen) atoms. The predicted molar refractivity (Wildman–Crippen MR) is 54.5 cm³/mol. The van der Waals surface area contributed by atoms with E-state index >= 15 is 0 Å². The summed E-state index contributed by atoms with van der Waals surface area (Å²) in [5.41, 5.74) is 0.760. The lowest BCUT2D eigenvalue weighted by Crippen LogP contribution is -2.23. The van der Waals surface area contributed by atoms with E-state index in [4.69, 9.17) is 0 Å². The molecule has 2 heteroatoms. The predicted octanol–water partition coefficient (Wildman–Crippen LogP) is 1.56. The first-order valence-corrected chi connectivity index (χ1v) is 4.40. The molecule has 0 aromatic heterocycles. The highest BCUT2D eigenvalue weighted by Crippen LogP contribution is 2.06. The van der Waals surface area contributed by atoms with E-state index in [1.807, 2.05) is 32.3 Å². The number of allylic oxidation sites excluding steroid dienone is 4. The van der Waals surface area contributed by atoms with Gasteiger partial charge in [0.05, 0.1) is 0 Å². The van der Waals surface area contributed by atoms with E-state index in [1.165, 1.54) is 0 Å². The largest absolute Gasteiger partial charge is 0.300 e. The minimum absolute atomic E-state index is 0.295. The zero-order valence-corrected chi connectivity index (χ0v) is 8.10. The quantitative estimate of drug-likeness (QED) is 0.471. The van der Waals surface area contributed by atoms with Crippen molar-refractivity contribution in [3.63, 3.8) is 0 Å². The SMILES string of the molecule is CN(C)C1C=CC/C=C(C=O)\C=C/1. The molecule has 1 aliphatic rings. The molecular weight excluding hydrogens is 162 g/mol. The average Bonchev–Trinajstić information content (AvgIpc) is 2.03. The van der Waals surface area contributed by atoms with Gasteiger partial charge in [0.15, 0.2) is 0 Å². The highest BCUT2D eigenvalue weighted by Gasteiger charge is 2.03. The highest BCUT2D eigenvalue weighted by molar-refractivity contribution is 5.77. The fourth-order valence-electron chi connectivity index (χ4n) is 1.20. The van der Waals surface area contributed by atoms with E-state index in [1.54, 1.807) is 0 Å². The standard InChI is InChI=1S/C11H15NO/c1-12(2)11-6-4-3-5-10(9-13)7-8-11/h4-9,11H,3H2,1-2H3/b6-4?,8-7-,10-5+. The lowest BCUT2D eigenvalue weighted by atomic mass is 10.1. The van der Waals surface area contributed by atoms with Crippen LogP contribution in [0.3, 0.4) is 0 Å². The van der Waals surface area contributed by atoms with E-state index in [2.05, 4.69) is 17.1 Å². The summed E-state index contributed by atoms with van der Waals surface area (Å²) in [6.45, 7) is 0. The molecule has 0 aromatic carbocycles. The van der Waals surface area contributed by atoms with Crippen molar-refractivity contribution in [2.24, 2.45) is 0 Å². The Labute approximate surface area is 79.2 Å². The van der Waals surface area contributed by atoms with Gasteiger partial charge in [0.2, 0.25) is 0 Å². The molecule has 1 unspecified atom stereocenters. The Balaban J connectivity index is 2.79. The monoisotopic (exact) mass is 177 g/mol. The molecular formula is C11H15NO. The Bertz CT molecular complexity index is 261. The first-order valence-electron chi connectivity index (χ1n) is 4.40. The van der Waals surface area contributed by atoms with Crippen LogP contribution >= 0.6 is 0 Å². The molecule has 0 amide bonds. The Morgan fingerprint density at radius 3 is 2.85 bits per heavy atom. The molecule has 0 fully saturated rings. The second-order valence-corrected chi connectivity index (χ2v) is 3.30. The topological polar surface area (TPSA) is 20.3 Å².